The summed E-state index contributed by atoms with van der Waals surface area (Å²) in [7, 11) is 1.60. The molecule has 0 aliphatic heterocycles. The van der Waals surface area contributed by atoms with Crippen molar-refractivity contribution in [1.82, 2.24) is 9.78 Å². The molecule has 7 heteroatoms. The molecule has 1 heterocycles. The Kier molecular flexibility index (Phi) is 4.48. The van der Waals surface area contributed by atoms with E-state index in [1.165, 1.54) is 4.90 Å². The van der Waals surface area contributed by atoms with Gasteiger partial charge in [-0.3, -0.25) is 0 Å². The number of hydrogen-bond donors (Lipinski definition) is 1. The summed E-state index contributed by atoms with van der Waals surface area (Å²) in [4.78, 5) is 1.51. The molecule has 4 nitrogen and oxygen atoms in total. The number of aryl methyl sites for hydroxylation is 2. The molecule has 0 bridgehead atoms. The summed E-state index contributed by atoms with van der Waals surface area (Å²) in [6, 6.07) is 0. The largest absolute Gasteiger partial charge is 0.394 e. The molecule has 0 radical (unpaired) electrons. The Bertz CT molecular complexity index is 398. The van der Waals surface area contributed by atoms with E-state index in [4.69, 9.17) is 5.73 Å². The van der Waals surface area contributed by atoms with E-state index in [1.807, 2.05) is 6.92 Å². The highest BCUT2D eigenvalue weighted by Gasteiger charge is 2.28. The summed E-state index contributed by atoms with van der Waals surface area (Å²) in [5, 5.41) is 4.23. The van der Waals surface area contributed by atoms with Crippen molar-refractivity contribution in [3.05, 3.63) is 5.69 Å². The van der Waals surface area contributed by atoms with Crippen molar-refractivity contribution in [1.29, 1.82) is 0 Å². The molecular formula is C11H19F3N4. The van der Waals surface area contributed by atoms with Gasteiger partial charge < -0.3 is 10.6 Å². The molecule has 1 aromatic rings. The zero-order valence-corrected chi connectivity index (χ0v) is 10.9. The van der Waals surface area contributed by atoms with Crippen LogP contribution in [0.15, 0.2) is 0 Å². The summed E-state index contributed by atoms with van der Waals surface area (Å²) in [5.41, 5.74) is 6.97. The van der Waals surface area contributed by atoms with Crippen molar-refractivity contribution in [2.24, 2.45) is 0 Å². The van der Waals surface area contributed by atoms with Gasteiger partial charge in [0.2, 0.25) is 0 Å². The zero-order chi connectivity index (χ0) is 13.9. The molecule has 104 valence electrons. The highest BCUT2D eigenvalue weighted by molar-refractivity contribution is 5.65. The van der Waals surface area contributed by atoms with E-state index in [1.54, 1.807) is 18.7 Å². The van der Waals surface area contributed by atoms with Crippen molar-refractivity contribution in [3.8, 4) is 0 Å². The molecule has 0 aliphatic rings. The Balaban J connectivity index is 2.86. The second kappa shape index (κ2) is 5.49. The van der Waals surface area contributed by atoms with E-state index in [0.717, 1.165) is 6.42 Å². The SMILES string of the molecule is CCCn1nc(C)c(N)c1N(C)CCC(F)(F)F. The number of rotatable bonds is 5. The first-order chi connectivity index (χ1) is 8.26. The molecule has 0 saturated heterocycles. The first-order valence-electron chi connectivity index (χ1n) is 5.87. The van der Waals surface area contributed by atoms with E-state index in [-0.39, 0.29) is 6.54 Å². The highest BCUT2D eigenvalue weighted by atomic mass is 19.4. The Labute approximate surface area is 105 Å². The van der Waals surface area contributed by atoms with Crippen molar-refractivity contribution in [3.63, 3.8) is 0 Å². The van der Waals surface area contributed by atoms with Gasteiger partial charge in [0.1, 0.15) is 5.82 Å². The Morgan fingerprint density at radius 3 is 2.50 bits per heavy atom. The smallest absolute Gasteiger partial charge is 0.390 e. The first kappa shape index (κ1) is 14.7. The van der Waals surface area contributed by atoms with Gasteiger partial charge in [0.25, 0.3) is 0 Å². The van der Waals surface area contributed by atoms with Gasteiger partial charge in [-0.15, -0.1) is 0 Å². The number of nitrogen functional groups attached to an aromatic ring is 1. The summed E-state index contributed by atoms with van der Waals surface area (Å²) in [5.74, 6) is 0.568. The van der Waals surface area contributed by atoms with E-state index in [0.29, 0.717) is 23.7 Å². The van der Waals surface area contributed by atoms with Crippen molar-refractivity contribution in [2.75, 3.05) is 24.2 Å². The third-order valence-corrected chi connectivity index (χ3v) is 2.67. The molecule has 0 amide bonds. The second-order valence-corrected chi connectivity index (χ2v) is 4.33. The normalized spacial score (nSPS) is 11.9. The Hall–Kier alpha value is -1.40. The summed E-state index contributed by atoms with van der Waals surface area (Å²) in [6.07, 6.45) is -4.17. The maximum Gasteiger partial charge on any atom is 0.390 e. The van der Waals surface area contributed by atoms with Crippen LogP contribution in [0.1, 0.15) is 25.5 Å². The predicted octanol–water partition coefficient (Wildman–Crippen LogP) is 2.57. The van der Waals surface area contributed by atoms with Crippen molar-refractivity contribution >= 4 is 11.5 Å². The molecule has 2 N–H and O–H groups in total. The van der Waals surface area contributed by atoms with Crippen molar-refractivity contribution in [2.45, 2.75) is 39.4 Å². The Morgan fingerprint density at radius 1 is 1.39 bits per heavy atom. The highest BCUT2D eigenvalue weighted by Crippen LogP contribution is 2.27. The minimum atomic E-state index is -4.16. The number of hydrogen-bond acceptors (Lipinski definition) is 3. The van der Waals surface area contributed by atoms with Crippen LogP contribution in [-0.4, -0.2) is 29.5 Å². The lowest BCUT2D eigenvalue weighted by atomic mass is 10.3. The molecule has 1 rings (SSSR count). The van der Waals surface area contributed by atoms with Gasteiger partial charge in [-0.05, 0) is 13.3 Å². The monoisotopic (exact) mass is 264 g/mol. The van der Waals surface area contributed by atoms with Crippen LogP contribution in [0.4, 0.5) is 24.7 Å². The minimum absolute atomic E-state index is 0.122. The van der Waals surface area contributed by atoms with Gasteiger partial charge in [-0.25, -0.2) is 4.68 Å². The lowest BCUT2D eigenvalue weighted by Crippen LogP contribution is -2.27. The molecule has 0 spiro atoms. The quantitative estimate of drug-likeness (QED) is 0.889. The van der Waals surface area contributed by atoms with Crippen LogP contribution < -0.4 is 10.6 Å². The average molecular weight is 264 g/mol. The number of nitrogens with zero attached hydrogens (tertiary/aromatic N) is 3. The van der Waals surface area contributed by atoms with Gasteiger partial charge in [0, 0.05) is 20.1 Å². The molecule has 0 unspecified atom stereocenters. The Morgan fingerprint density at radius 2 is 2.00 bits per heavy atom. The van der Waals surface area contributed by atoms with E-state index in [2.05, 4.69) is 5.10 Å². The molecule has 0 aliphatic carbocycles. The lowest BCUT2D eigenvalue weighted by Gasteiger charge is -2.21. The molecular weight excluding hydrogens is 245 g/mol. The van der Waals surface area contributed by atoms with Gasteiger partial charge in [0.05, 0.1) is 17.8 Å². The van der Waals surface area contributed by atoms with Gasteiger partial charge in [-0.1, -0.05) is 6.92 Å². The standard InChI is InChI=1S/C11H19F3N4/c1-4-6-18-10(9(15)8(2)16-18)17(3)7-5-11(12,13)14/h4-7,15H2,1-3H3. The number of halogens is 3. The van der Waals surface area contributed by atoms with Crippen LogP contribution in [0.25, 0.3) is 0 Å². The van der Waals surface area contributed by atoms with Gasteiger partial charge in [0.15, 0.2) is 0 Å². The lowest BCUT2D eigenvalue weighted by molar-refractivity contribution is -0.132. The van der Waals surface area contributed by atoms with Crippen LogP contribution in [0.2, 0.25) is 0 Å². The first-order valence-corrected chi connectivity index (χ1v) is 5.87. The summed E-state index contributed by atoms with van der Waals surface area (Å²) in [6.45, 7) is 4.25. The van der Waals surface area contributed by atoms with E-state index < -0.39 is 12.6 Å². The molecule has 18 heavy (non-hydrogen) atoms. The fraction of sp³-hybridized carbons (Fsp3) is 0.727. The molecule has 1 aromatic heterocycles. The van der Waals surface area contributed by atoms with E-state index in [9.17, 15) is 13.2 Å². The van der Waals surface area contributed by atoms with Crippen molar-refractivity contribution < 1.29 is 13.2 Å². The summed E-state index contributed by atoms with van der Waals surface area (Å²) >= 11 is 0. The fourth-order valence-corrected chi connectivity index (χ4v) is 1.75. The van der Waals surface area contributed by atoms with Crippen LogP contribution in [0.3, 0.4) is 0 Å². The third-order valence-electron chi connectivity index (χ3n) is 2.67. The minimum Gasteiger partial charge on any atom is -0.394 e. The molecule has 0 saturated carbocycles. The van der Waals surface area contributed by atoms with Gasteiger partial charge >= 0.3 is 6.18 Å². The predicted molar refractivity (Wildman–Crippen MR) is 65.6 cm³/mol. The van der Waals surface area contributed by atoms with Crippen LogP contribution in [-0.2, 0) is 6.54 Å². The summed E-state index contributed by atoms with van der Waals surface area (Å²) < 4.78 is 38.3. The van der Waals surface area contributed by atoms with E-state index >= 15 is 0 Å². The molecule has 0 aromatic carbocycles. The fourth-order valence-electron chi connectivity index (χ4n) is 1.75. The van der Waals surface area contributed by atoms with Gasteiger partial charge in [-0.2, -0.15) is 18.3 Å². The topological polar surface area (TPSA) is 47.1 Å². The zero-order valence-electron chi connectivity index (χ0n) is 10.9. The maximum absolute atomic E-state index is 12.2. The number of alkyl halides is 3. The van der Waals surface area contributed by atoms with Crippen LogP contribution in [0, 0.1) is 6.92 Å². The van der Waals surface area contributed by atoms with Crippen LogP contribution >= 0.6 is 0 Å². The second-order valence-electron chi connectivity index (χ2n) is 4.33. The average Bonchev–Trinajstić information content (AvgIpc) is 2.51. The number of aromatic nitrogens is 2. The van der Waals surface area contributed by atoms with Crippen LogP contribution in [0.5, 0.6) is 0 Å². The molecule has 0 atom stereocenters. The third kappa shape index (κ3) is 3.54. The number of anilines is 2. The molecule has 0 fully saturated rings. The maximum atomic E-state index is 12.2. The number of nitrogens with two attached hydrogens (primary N) is 1.